The van der Waals surface area contributed by atoms with Crippen molar-refractivity contribution in [2.45, 2.75) is 19.9 Å². The van der Waals surface area contributed by atoms with Crippen LogP contribution < -0.4 is 0 Å². The highest BCUT2D eigenvalue weighted by atomic mass is 79.9. The van der Waals surface area contributed by atoms with E-state index in [1.807, 2.05) is 19.1 Å². The topological polar surface area (TPSA) is 54.5 Å². The molecular formula is C13H16BrNO3S. The smallest absolute Gasteiger partial charge is 0.254 e. The van der Waals surface area contributed by atoms with Crippen LogP contribution in [0.5, 0.6) is 0 Å². The van der Waals surface area contributed by atoms with Gasteiger partial charge < -0.3 is 4.90 Å². The van der Waals surface area contributed by atoms with Gasteiger partial charge in [0.25, 0.3) is 5.91 Å². The van der Waals surface area contributed by atoms with Crippen LogP contribution in [0, 0.1) is 6.92 Å². The highest BCUT2D eigenvalue weighted by molar-refractivity contribution is 9.10. The van der Waals surface area contributed by atoms with Crippen LogP contribution >= 0.6 is 15.9 Å². The van der Waals surface area contributed by atoms with Gasteiger partial charge in [-0.15, -0.1) is 0 Å². The Kier molecular flexibility index (Phi) is 4.01. The predicted octanol–water partition coefficient (Wildman–Crippen LogP) is 2.02. The number of carbonyl (C=O) groups is 1. The average molecular weight is 346 g/mol. The first-order valence-corrected chi connectivity index (χ1v) is 8.68. The largest absolute Gasteiger partial charge is 0.334 e. The molecule has 0 bridgehead atoms. The van der Waals surface area contributed by atoms with Crippen molar-refractivity contribution >= 4 is 31.7 Å². The van der Waals surface area contributed by atoms with E-state index in [1.54, 1.807) is 17.9 Å². The molecule has 0 saturated carbocycles. The Balaban J connectivity index is 2.25. The van der Waals surface area contributed by atoms with Gasteiger partial charge in [0.1, 0.15) is 0 Å². The first kappa shape index (κ1) is 14.5. The molecule has 0 aromatic heterocycles. The van der Waals surface area contributed by atoms with Crippen molar-refractivity contribution in [3.8, 4) is 0 Å². The quantitative estimate of drug-likeness (QED) is 0.782. The van der Waals surface area contributed by atoms with Gasteiger partial charge in [0, 0.05) is 22.6 Å². The van der Waals surface area contributed by atoms with Gasteiger partial charge in [-0.1, -0.05) is 15.9 Å². The second-order valence-corrected chi connectivity index (χ2v) is 8.12. The van der Waals surface area contributed by atoms with Gasteiger partial charge in [-0.05, 0) is 37.6 Å². The Bertz CT molecular complexity index is 592. The number of carbonyl (C=O) groups excluding carboxylic acids is 1. The molecule has 1 heterocycles. The number of halogens is 1. The summed E-state index contributed by atoms with van der Waals surface area (Å²) in [6.07, 6.45) is 0. The van der Waals surface area contributed by atoms with E-state index in [0.29, 0.717) is 5.56 Å². The zero-order valence-corrected chi connectivity index (χ0v) is 13.3. The monoisotopic (exact) mass is 345 g/mol. The van der Waals surface area contributed by atoms with Gasteiger partial charge in [-0.25, -0.2) is 8.42 Å². The fourth-order valence-electron chi connectivity index (χ4n) is 2.33. The Morgan fingerprint density at radius 1 is 1.37 bits per heavy atom. The summed E-state index contributed by atoms with van der Waals surface area (Å²) in [5.74, 6) is -0.00582. The van der Waals surface area contributed by atoms with Crippen molar-refractivity contribution in [3.05, 3.63) is 33.8 Å². The minimum Gasteiger partial charge on any atom is -0.334 e. The number of hydrogen-bond donors (Lipinski definition) is 0. The molecule has 1 amide bonds. The number of rotatable bonds is 1. The van der Waals surface area contributed by atoms with Gasteiger partial charge in [0.2, 0.25) is 0 Å². The molecule has 1 unspecified atom stereocenters. The molecule has 1 aliphatic rings. The molecule has 104 valence electrons. The summed E-state index contributed by atoms with van der Waals surface area (Å²) >= 11 is 3.37. The molecule has 0 radical (unpaired) electrons. The normalized spacial score (nSPS) is 22.3. The van der Waals surface area contributed by atoms with E-state index in [9.17, 15) is 13.2 Å². The lowest BCUT2D eigenvalue weighted by Gasteiger charge is -2.33. The maximum atomic E-state index is 12.4. The minimum absolute atomic E-state index is 0.0473. The molecule has 1 fully saturated rings. The van der Waals surface area contributed by atoms with E-state index < -0.39 is 9.84 Å². The number of amides is 1. The minimum atomic E-state index is -3.00. The van der Waals surface area contributed by atoms with E-state index in [2.05, 4.69) is 15.9 Å². The van der Waals surface area contributed by atoms with E-state index >= 15 is 0 Å². The lowest BCUT2D eigenvalue weighted by molar-refractivity contribution is 0.0712. The summed E-state index contributed by atoms with van der Waals surface area (Å²) < 4.78 is 23.9. The molecule has 1 atom stereocenters. The van der Waals surface area contributed by atoms with Gasteiger partial charge in [-0.3, -0.25) is 4.79 Å². The number of aryl methyl sites for hydroxylation is 1. The fraction of sp³-hybridized carbons (Fsp3) is 0.462. The first-order valence-electron chi connectivity index (χ1n) is 6.07. The van der Waals surface area contributed by atoms with Crippen molar-refractivity contribution in [2.24, 2.45) is 0 Å². The third-order valence-corrected chi connectivity index (χ3v) is 5.47. The standard InChI is InChI=1S/C13H16BrNO3S/c1-9-5-11(7-12(14)6-9)13(16)15-3-4-19(17,18)8-10(15)2/h5-7,10H,3-4,8H2,1-2H3. The van der Waals surface area contributed by atoms with Crippen LogP contribution in [0.1, 0.15) is 22.8 Å². The van der Waals surface area contributed by atoms with Crippen molar-refractivity contribution < 1.29 is 13.2 Å². The van der Waals surface area contributed by atoms with Crippen molar-refractivity contribution in [3.63, 3.8) is 0 Å². The summed E-state index contributed by atoms with van der Waals surface area (Å²) in [4.78, 5) is 14.1. The van der Waals surface area contributed by atoms with Crippen LogP contribution in [0.25, 0.3) is 0 Å². The number of hydrogen-bond acceptors (Lipinski definition) is 3. The molecule has 1 aromatic rings. The van der Waals surface area contributed by atoms with Gasteiger partial charge in [0.15, 0.2) is 9.84 Å². The molecule has 6 heteroatoms. The Hall–Kier alpha value is -0.880. The molecular weight excluding hydrogens is 330 g/mol. The van der Waals surface area contributed by atoms with Crippen LogP contribution in [0.2, 0.25) is 0 Å². The zero-order valence-electron chi connectivity index (χ0n) is 10.9. The van der Waals surface area contributed by atoms with Crippen LogP contribution in [0.4, 0.5) is 0 Å². The van der Waals surface area contributed by atoms with Gasteiger partial charge in [-0.2, -0.15) is 0 Å². The predicted molar refractivity (Wildman–Crippen MR) is 78.0 cm³/mol. The van der Waals surface area contributed by atoms with E-state index in [0.717, 1.165) is 10.0 Å². The lowest BCUT2D eigenvalue weighted by atomic mass is 10.1. The number of sulfone groups is 1. The highest BCUT2D eigenvalue weighted by Gasteiger charge is 2.31. The maximum Gasteiger partial charge on any atom is 0.254 e. The van der Waals surface area contributed by atoms with Crippen molar-refractivity contribution in [1.82, 2.24) is 4.90 Å². The summed E-state index contributed by atoms with van der Waals surface area (Å²) in [6, 6.07) is 5.25. The second-order valence-electron chi connectivity index (χ2n) is 4.98. The Labute approximate surface area is 121 Å². The molecule has 0 aliphatic carbocycles. The number of nitrogens with zero attached hydrogens (tertiary/aromatic N) is 1. The van der Waals surface area contributed by atoms with Gasteiger partial charge in [0.05, 0.1) is 11.5 Å². The fourth-order valence-corrected chi connectivity index (χ4v) is 4.49. The molecule has 1 aliphatic heterocycles. The van der Waals surface area contributed by atoms with Crippen LogP contribution in [-0.4, -0.2) is 43.3 Å². The first-order chi connectivity index (χ1) is 8.78. The third kappa shape index (κ3) is 3.36. The molecule has 0 spiro atoms. The Morgan fingerprint density at radius 3 is 2.63 bits per heavy atom. The van der Waals surface area contributed by atoms with Crippen LogP contribution in [0.15, 0.2) is 22.7 Å². The molecule has 4 nitrogen and oxygen atoms in total. The van der Waals surface area contributed by atoms with E-state index in [1.165, 1.54) is 0 Å². The second kappa shape index (κ2) is 5.25. The van der Waals surface area contributed by atoms with Gasteiger partial charge >= 0.3 is 0 Å². The Morgan fingerprint density at radius 2 is 2.05 bits per heavy atom. The summed E-state index contributed by atoms with van der Waals surface area (Å²) in [6.45, 7) is 3.97. The average Bonchev–Trinajstić information content (AvgIpc) is 2.25. The molecule has 1 saturated heterocycles. The third-order valence-electron chi connectivity index (χ3n) is 3.22. The summed E-state index contributed by atoms with van der Waals surface area (Å²) in [5, 5.41) is 0. The molecule has 0 N–H and O–H groups in total. The highest BCUT2D eigenvalue weighted by Crippen LogP contribution is 2.20. The van der Waals surface area contributed by atoms with Crippen LogP contribution in [0.3, 0.4) is 0 Å². The molecule has 2 rings (SSSR count). The summed E-state index contributed by atoms with van der Waals surface area (Å²) in [7, 11) is -3.00. The molecule has 19 heavy (non-hydrogen) atoms. The van der Waals surface area contributed by atoms with Crippen molar-refractivity contribution in [2.75, 3.05) is 18.1 Å². The number of benzene rings is 1. The van der Waals surface area contributed by atoms with Crippen molar-refractivity contribution in [1.29, 1.82) is 0 Å². The van der Waals surface area contributed by atoms with E-state index in [4.69, 9.17) is 0 Å². The molecule has 1 aromatic carbocycles. The zero-order chi connectivity index (χ0) is 14.2. The SMILES string of the molecule is Cc1cc(Br)cc(C(=O)N2CCS(=O)(=O)CC2C)c1. The summed E-state index contributed by atoms with van der Waals surface area (Å²) in [5.41, 5.74) is 1.59. The van der Waals surface area contributed by atoms with Crippen LogP contribution in [-0.2, 0) is 9.84 Å². The lowest BCUT2D eigenvalue weighted by Crippen LogP contribution is -2.49. The van der Waals surface area contributed by atoms with E-state index in [-0.39, 0.29) is 30.0 Å². The maximum absolute atomic E-state index is 12.4.